The average molecular weight is 639 g/mol. The zero-order valence-electron chi connectivity index (χ0n) is 25.0. The van der Waals surface area contributed by atoms with Crippen molar-refractivity contribution in [2.75, 3.05) is 14.2 Å². The normalized spacial score (nSPS) is 29.9. The first-order valence-electron chi connectivity index (χ1n) is 14.3. The Morgan fingerprint density at radius 2 is 1.04 bits per heavy atom. The van der Waals surface area contributed by atoms with Crippen LogP contribution in [0.5, 0.6) is 23.0 Å². The Morgan fingerprint density at radius 3 is 1.37 bits per heavy atom. The van der Waals surface area contributed by atoms with Gasteiger partial charge in [0.25, 0.3) is 11.2 Å². The van der Waals surface area contributed by atoms with Crippen LogP contribution >= 0.6 is 0 Å². The molecule has 6 atom stereocenters. The van der Waals surface area contributed by atoms with E-state index in [-0.39, 0.29) is 35.5 Å². The van der Waals surface area contributed by atoms with Crippen molar-refractivity contribution in [3.63, 3.8) is 0 Å². The van der Waals surface area contributed by atoms with Crippen molar-refractivity contribution in [1.82, 2.24) is 0 Å². The number of phenolic OH excluding ortho intramolecular Hbond substituents is 2. The smallest absolute Gasteiger partial charge is 0.358 e. The van der Waals surface area contributed by atoms with Crippen molar-refractivity contribution in [2.24, 2.45) is 11.8 Å². The van der Waals surface area contributed by atoms with Crippen molar-refractivity contribution < 1.29 is 68.8 Å². The number of carbonyl (C=O) groups excluding carboxylic acids is 4. The van der Waals surface area contributed by atoms with E-state index in [0.717, 1.165) is 14.2 Å². The van der Waals surface area contributed by atoms with Crippen molar-refractivity contribution >= 4 is 35.0 Å². The highest BCUT2D eigenvalue weighted by atomic mass is 16.6. The molecule has 2 fully saturated rings. The highest BCUT2D eigenvalue weighted by molar-refractivity contribution is 6.14. The number of aromatic hydroxyl groups is 2. The molecule has 0 bridgehead atoms. The Kier molecular flexibility index (Phi) is 6.87. The lowest BCUT2D eigenvalue weighted by Gasteiger charge is -2.45. The van der Waals surface area contributed by atoms with Gasteiger partial charge in [0, 0.05) is 24.0 Å². The number of carbonyl (C=O) groups is 4. The molecule has 14 heteroatoms. The van der Waals surface area contributed by atoms with Gasteiger partial charge >= 0.3 is 11.9 Å². The molecule has 14 nitrogen and oxygen atoms in total. The minimum Gasteiger partial charge on any atom is -0.506 e. The number of methoxy groups -OCH3 is 2. The van der Waals surface area contributed by atoms with Gasteiger partial charge in [-0.15, -0.1) is 0 Å². The molecule has 2 heterocycles. The number of ketones is 2. The lowest BCUT2D eigenvalue weighted by atomic mass is 9.69. The third-order valence-corrected chi connectivity index (χ3v) is 9.26. The number of rotatable bonds is 3. The van der Waals surface area contributed by atoms with E-state index in [1.54, 1.807) is 0 Å². The highest BCUT2D eigenvalue weighted by Crippen LogP contribution is 2.55. The zero-order valence-corrected chi connectivity index (χ0v) is 25.0. The number of phenols is 2. The quantitative estimate of drug-likeness (QED) is 0.264. The number of Topliss-reactive ketones (excluding diaryl/α,β-unsaturated/α-hetero) is 2. The fourth-order valence-electron chi connectivity index (χ4n) is 7.00. The van der Waals surface area contributed by atoms with Crippen LogP contribution in [0.25, 0.3) is 22.6 Å². The summed E-state index contributed by atoms with van der Waals surface area (Å²) < 4.78 is 21.5. The molecule has 4 aliphatic rings. The van der Waals surface area contributed by atoms with Crippen molar-refractivity contribution in [3.05, 3.63) is 46.5 Å². The largest absolute Gasteiger partial charge is 0.506 e. The zero-order chi connectivity index (χ0) is 33.6. The van der Waals surface area contributed by atoms with E-state index in [1.165, 1.54) is 38.1 Å². The Hall–Kier alpha value is -5.08. The van der Waals surface area contributed by atoms with Crippen LogP contribution in [0.2, 0.25) is 0 Å². The summed E-state index contributed by atoms with van der Waals surface area (Å²) in [6.45, 7) is 3.04. The van der Waals surface area contributed by atoms with E-state index in [2.05, 4.69) is 0 Å². The first kappa shape index (κ1) is 30.9. The molecule has 2 saturated carbocycles. The van der Waals surface area contributed by atoms with Crippen LogP contribution in [0.1, 0.15) is 37.8 Å². The summed E-state index contributed by atoms with van der Waals surface area (Å²) >= 11 is 0. The lowest BCUT2D eigenvalue weighted by Crippen LogP contribution is -2.64. The first-order chi connectivity index (χ1) is 21.7. The maximum atomic E-state index is 13.2. The maximum Gasteiger partial charge on any atom is 0.358 e. The van der Waals surface area contributed by atoms with E-state index in [4.69, 9.17) is 18.9 Å². The van der Waals surface area contributed by atoms with Crippen LogP contribution in [0.3, 0.4) is 0 Å². The van der Waals surface area contributed by atoms with Crippen LogP contribution in [-0.4, -0.2) is 91.8 Å². The molecule has 0 saturated heterocycles. The number of hydrogen-bond donors (Lipinski definition) is 6. The summed E-state index contributed by atoms with van der Waals surface area (Å²) in [5.74, 6) is -9.01. The van der Waals surface area contributed by atoms with Gasteiger partial charge in [-0.3, -0.25) is 9.59 Å². The van der Waals surface area contributed by atoms with Gasteiger partial charge in [0.15, 0.2) is 11.6 Å². The molecule has 242 valence electrons. The topological polar surface area (TPSA) is 227 Å². The number of fused-ring (bicyclic) bond motifs is 4. The number of benzene rings is 2. The predicted octanol–water partition coefficient (Wildman–Crippen LogP) is 1.85. The van der Waals surface area contributed by atoms with Gasteiger partial charge in [-0.05, 0) is 36.1 Å². The van der Waals surface area contributed by atoms with E-state index >= 15 is 0 Å². The maximum absolute atomic E-state index is 13.2. The van der Waals surface area contributed by atoms with Gasteiger partial charge in [0.2, 0.25) is 0 Å². The molecule has 0 aromatic heterocycles. The monoisotopic (exact) mass is 638 g/mol. The van der Waals surface area contributed by atoms with Crippen molar-refractivity contribution in [3.8, 4) is 34.1 Å². The van der Waals surface area contributed by atoms with Gasteiger partial charge in [0.1, 0.15) is 57.9 Å². The molecule has 0 unspecified atom stereocenters. The van der Waals surface area contributed by atoms with E-state index < -0.39 is 104 Å². The lowest BCUT2D eigenvalue weighted by molar-refractivity contribution is -0.173. The van der Waals surface area contributed by atoms with Crippen LogP contribution in [0.4, 0.5) is 0 Å². The molecular weight excluding hydrogens is 608 g/mol. The van der Waals surface area contributed by atoms with Crippen LogP contribution in [0, 0.1) is 11.8 Å². The molecule has 0 radical (unpaired) electrons. The second-order valence-corrected chi connectivity index (χ2v) is 11.9. The van der Waals surface area contributed by atoms with E-state index in [0.29, 0.717) is 0 Å². The van der Waals surface area contributed by atoms with Gasteiger partial charge in [0.05, 0.1) is 25.4 Å². The summed E-state index contributed by atoms with van der Waals surface area (Å²) in [4.78, 5) is 52.3. The molecule has 2 aliphatic heterocycles. The number of aliphatic hydroxyl groups is 4. The minimum absolute atomic E-state index is 0.163. The van der Waals surface area contributed by atoms with Gasteiger partial charge in [-0.1, -0.05) is 13.8 Å². The Bertz CT molecular complexity index is 1690. The second-order valence-electron chi connectivity index (χ2n) is 11.9. The average Bonchev–Trinajstić information content (AvgIpc) is 3.01. The van der Waals surface area contributed by atoms with Crippen LogP contribution in [-0.2, 0) is 28.7 Å². The van der Waals surface area contributed by atoms with Crippen molar-refractivity contribution in [2.45, 2.75) is 50.1 Å². The van der Waals surface area contributed by atoms with Crippen LogP contribution < -0.4 is 9.47 Å². The number of aliphatic hydroxyl groups excluding tert-OH is 4. The van der Waals surface area contributed by atoms with Crippen LogP contribution in [0.15, 0.2) is 35.4 Å². The molecule has 6 N–H and O–H groups in total. The van der Waals surface area contributed by atoms with Gasteiger partial charge in [-0.25, -0.2) is 9.59 Å². The molecule has 0 spiro atoms. The molecule has 0 amide bonds. The molecule has 2 aromatic carbocycles. The molecular formula is C32H30O14. The Balaban J connectivity index is 1.55. The SMILES string of the molecule is COC(=O)[C@@]12Oc3ccc(-c4ccc5c(c4O)C(O)=C4C(=O)C[C@H](C)[C@H](O)[C@@]4(C(=O)OC)O5)c(O)c3C(O)=C1C(=O)C[C@H](C)[C@H]2O. The molecule has 2 aromatic rings. The summed E-state index contributed by atoms with van der Waals surface area (Å²) in [5.41, 5.74) is -7.25. The third kappa shape index (κ3) is 3.70. The standard InChI is InChI=1S/C32H30O14/c1-11-9-15(33)21-25(37)19-17(45-31(21,27(11)39)29(41)43-3)7-5-13(23(19)35)14-6-8-18-20(24(14)36)26(38)22-16(34)10-12(2)28(40)32(22,46-18)30(42)44-4/h5-8,11-12,27-28,35-40H,9-10H2,1-4H3/t11-,12-,27-,28+,31-,32+/m0/s1. The van der Waals surface area contributed by atoms with E-state index in [9.17, 15) is 49.8 Å². The summed E-state index contributed by atoms with van der Waals surface area (Å²) in [6.07, 6.45) is -3.72. The summed E-state index contributed by atoms with van der Waals surface area (Å²) in [5, 5.41) is 67.7. The van der Waals surface area contributed by atoms with Gasteiger partial charge in [-0.2, -0.15) is 0 Å². The first-order valence-corrected chi connectivity index (χ1v) is 14.3. The highest BCUT2D eigenvalue weighted by Gasteiger charge is 2.64. The molecule has 46 heavy (non-hydrogen) atoms. The van der Waals surface area contributed by atoms with Gasteiger partial charge < -0.3 is 49.6 Å². The predicted molar refractivity (Wildman–Crippen MR) is 155 cm³/mol. The van der Waals surface area contributed by atoms with Crippen molar-refractivity contribution in [1.29, 1.82) is 0 Å². The summed E-state index contributed by atoms with van der Waals surface area (Å²) in [6, 6.07) is 4.92. The second kappa shape index (κ2) is 10.2. The number of ether oxygens (including phenoxy) is 4. The van der Waals surface area contributed by atoms with E-state index in [1.807, 2.05) is 0 Å². The Morgan fingerprint density at radius 1 is 0.696 bits per heavy atom. The number of hydrogen-bond acceptors (Lipinski definition) is 14. The molecule has 2 aliphatic carbocycles. The molecule has 6 rings (SSSR count). The Labute approximate surface area is 260 Å². The number of esters is 2. The fraction of sp³-hybridized carbons (Fsp3) is 0.375. The summed E-state index contributed by atoms with van der Waals surface area (Å²) in [7, 11) is 2.04. The third-order valence-electron chi connectivity index (χ3n) is 9.26. The fourth-order valence-corrected chi connectivity index (χ4v) is 7.00. The minimum atomic E-state index is -2.42.